The van der Waals surface area contributed by atoms with Crippen molar-refractivity contribution < 1.29 is 27.1 Å². The Bertz CT molecular complexity index is 1860. The zero-order valence-corrected chi connectivity index (χ0v) is 28.0. The maximum absolute atomic E-state index is 15.3. The molecule has 1 aliphatic carbocycles. The number of aromatic nitrogens is 3. The number of pyridine rings is 1. The first kappa shape index (κ1) is 33.3. The summed E-state index contributed by atoms with van der Waals surface area (Å²) in [6.45, 7) is 5.57. The molecular weight excluding hydrogens is 633 g/mol. The van der Waals surface area contributed by atoms with E-state index in [4.69, 9.17) is 21.1 Å². The molecule has 4 aromatic rings. The number of hydrogen-bond acceptors (Lipinski definition) is 9. The lowest BCUT2D eigenvalue weighted by Gasteiger charge is -2.35. The van der Waals surface area contributed by atoms with E-state index in [0.29, 0.717) is 22.6 Å². The van der Waals surface area contributed by atoms with Gasteiger partial charge in [-0.05, 0) is 82.3 Å². The molecule has 13 heteroatoms. The number of sulfone groups is 1. The number of carbonyl (C=O) groups is 1. The standard InChI is InChI=1S/C33H37ClFN5O5S/c1-33(2,3)45-32(41)40(4)23-13-11-22(12-14-23)37-31-36-18-21-16-20(10-15-27(21)39-31)24-17-26(35)28(38-30(24)44-5)19-46(42,43)29-9-7-6-8-25(29)34/h6-10,15-18,22-23H,11-14,19H2,1-5H3,(H,36,37,39). The van der Waals surface area contributed by atoms with Crippen LogP contribution in [0.15, 0.2) is 59.6 Å². The maximum atomic E-state index is 15.3. The van der Waals surface area contributed by atoms with Crippen LogP contribution >= 0.6 is 11.6 Å². The van der Waals surface area contributed by atoms with Crippen LogP contribution in [0.5, 0.6) is 5.88 Å². The molecule has 0 spiro atoms. The van der Waals surface area contributed by atoms with E-state index in [1.807, 2.05) is 20.8 Å². The second-order valence-electron chi connectivity index (χ2n) is 12.4. The van der Waals surface area contributed by atoms with Crippen molar-refractivity contribution in [2.45, 2.75) is 74.8 Å². The Morgan fingerprint density at radius 3 is 2.48 bits per heavy atom. The minimum atomic E-state index is -3.96. The Balaban J connectivity index is 1.28. The van der Waals surface area contributed by atoms with Crippen molar-refractivity contribution in [3.05, 3.63) is 71.3 Å². The van der Waals surface area contributed by atoms with Gasteiger partial charge in [0.2, 0.25) is 11.8 Å². The Morgan fingerprint density at radius 2 is 1.80 bits per heavy atom. The van der Waals surface area contributed by atoms with Crippen LogP contribution in [-0.2, 0) is 20.3 Å². The summed E-state index contributed by atoms with van der Waals surface area (Å²) in [7, 11) is -0.786. The molecule has 0 bridgehead atoms. The molecule has 2 aromatic carbocycles. The molecule has 1 aliphatic rings. The Hall–Kier alpha value is -4.03. The van der Waals surface area contributed by atoms with E-state index < -0.39 is 27.0 Å². The number of halogens is 2. The Morgan fingerprint density at radius 1 is 1.09 bits per heavy atom. The fraction of sp³-hybridized carbons (Fsp3) is 0.394. The second-order valence-corrected chi connectivity index (χ2v) is 14.7. The highest BCUT2D eigenvalue weighted by Crippen LogP contribution is 2.34. The predicted octanol–water partition coefficient (Wildman–Crippen LogP) is 7.06. The summed E-state index contributed by atoms with van der Waals surface area (Å²) < 4.78 is 52.2. The first-order valence-corrected chi connectivity index (χ1v) is 17.0. The first-order valence-electron chi connectivity index (χ1n) is 14.9. The van der Waals surface area contributed by atoms with E-state index >= 15 is 4.39 Å². The van der Waals surface area contributed by atoms with Gasteiger partial charge < -0.3 is 19.7 Å². The number of amides is 1. The Labute approximate surface area is 273 Å². The van der Waals surface area contributed by atoms with E-state index in [0.717, 1.165) is 31.1 Å². The number of rotatable bonds is 8. The van der Waals surface area contributed by atoms with Crippen LogP contribution in [0.4, 0.5) is 15.1 Å². The fourth-order valence-electron chi connectivity index (χ4n) is 5.47. The average Bonchev–Trinajstić information content (AvgIpc) is 3.01. The third-order valence-electron chi connectivity index (χ3n) is 7.86. The number of nitrogens with zero attached hydrogens (tertiary/aromatic N) is 4. The molecule has 0 saturated heterocycles. The zero-order valence-electron chi connectivity index (χ0n) is 26.4. The van der Waals surface area contributed by atoms with Crippen molar-refractivity contribution in [3.8, 4) is 17.0 Å². The van der Waals surface area contributed by atoms with Crippen LogP contribution in [0.2, 0.25) is 5.02 Å². The molecule has 244 valence electrons. The molecule has 0 aliphatic heterocycles. The monoisotopic (exact) mass is 669 g/mol. The fourth-order valence-corrected chi connectivity index (χ4v) is 7.33. The van der Waals surface area contributed by atoms with Gasteiger partial charge in [-0.2, -0.15) is 0 Å². The Kier molecular flexibility index (Phi) is 9.69. The van der Waals surface area contributed by atoms with Crippen molar-refractivity contribution in [3.63, 3.8) is 0 Å². The molecule has 1 saturated carbocycles. The lowest BCUT2D eigenvalue weighted by molar-refractivity contribution is 0.0185. The van der Waals surface area contributed by atoms with Crippen LogP contribution in [0.3, 0.4) is 0 Å². The highest BCUT2D eigenvalue weighted by atomic mass is 35.5. The molecule has 0 unspecified atom stereocenters. The van der Waals surface area contributed by atoms with Gasteiger partial charge in [-0.25, -0.2) is 32.6 Å². The third kappa shape index (κ3) is 7.67. The topological polar surface area (TPSA) is 124 Å². The van der Waals surface area contributed by atoms with E-state index in [9.17, 15) is 13.2 Å². The van der Waals surface area contributed by atoms with E-state index in [1.54, 1.807) is 48.5 Å². The molecule has 46 heavy (non-hydrogen) atoms. The van der Waals surface area contributed by atoms with Crippen LogP contribution in [-0.4, -0.2) is 66.2 Å². The number of hydrogen-bond donors (Lipinski definition) is 1. The molecule has 0 radical (unpaired) electrons. The van der Waals surface area contributed by atoms with Crippen molar-refractivity contribution in [2.24, 2.45) is 0 Å². The molecule has 1 amide bonds. The number of carbonyl (C=O) groups excluding carboxylic acids is 1. The van der Waals surface area contributed by atoms with Crippen LogP contribution in [0.25, 0.3) is 22.0 Å². The lowest BCUT2D eigenvalue weighted by Crippen LogP contribution is -2.43. The van der Waals surface area contributed by atoms with Crippen LogP contribution in [0.1, 0.15) is 52.1 Å². The van der Waals surface area contributed by atoms with Gasteiger partial charge in [0.25, 0.3) is 0 Å². The van der Waals surface area contributed by atoms with Gasteiger partial charge in [0.1, 0.15) is 17.2 Å². The van der Waals surface area contributed by atoms with Gasteiger partial charge >= 0.3 is 6.09 Å². The number of methoxy groups -OCH3 is 1. The predicted molar refractivity (Wildman–Crippen MR) is 175 cm³/mol. The molecular formula is C33H37ClFN5O5S. The van der Waals surface area contributed by atoms with Crippen LogP contribution < -0.4 is 10.1 Å². The van der Waals surface area contributed by atoms with E-state index in [2.05, 4.69) is 20.3 Å². The van der Waals surface area contributed by atoms with Crippen molar-refractivity contribution in [1.82, 2.24) is 19.9 Å². The van der Waals surface area contributed by atoms with Crippen molar-refractivity contribution in [2.75, 3.05) is 19.5 Å². The molecule has 0 atom stereocenters. The number of anilines is 1. The zero-order chi connectivity index (χ0) is 33.2. The maximum Gasteiger partial charge on any atom is 0.410 e. The van der Waals surface area contributed by atoms with E-state index in [1.165, 1.54) is 25.3 Å². The number of fused-ring (bicyclic) bond motifs is 1. The summed E-state index contributed by atoms with van der Waals surface area (Å²) in [6.07, 6.45) is 4.76. The van der Waals surface area contributed by atoms with Gasteiger partial charge in [0.05, 0.1) is 28.2 Å². The number of ether oxygens (including phenoxy) is 2. The highest BCUT2D eigenvalue weighted by Gasteiger charge is 2.30. The summed E-state index contributed by atoms with van der Waals surface area (Å²) in [5.74, 6) is -0.882. The summed E-state index contributed by atoms with van der Waals surface area (Å²) in [5, 5.41) is 4.19. The molecule has 10 nitrogen and oxygen atoms in total. The lowest BCUT2D eigenvalue weighted by atomic mass is 9.90. The van der Waals surface area contributed by atoms with Gasteiger partial charge in [-0.3, -0.25) is 0 Å². The van der Waals surface area contributed by atoms with Gasteiger partial charge in [-0.1, -0.05) is 29.8 Å². The summed E-state index contributed by atoms with van der Waals surface area (Å²) in [4.78, 5) is 27.5. The normalized spacial score (nSPS) is 17.0. The average molecular weight is 670 g/mol. The molecule has 1 N–H and O–H groups in total. The van der Waals surface area contributed by atoms with E-state index in [-0.39, 0.29) is 39.7 Å². The summed E-state index contributed by atoms with van der Waals surface area (Å²) in [5.41, 5.74) is 0.843. The first-order chi connectivity index (χ1) is 21.7. The highest BCUT2D eigenvalue weighted by molar-refractivity contribution is 7.90. The molecule has 1 fully saturated rings. The van der Waals surface area contributed by atoms with Gasteiger partial charge in [0, 0.05) is 36.3 Å². The SMILES string of the molecule is COc1nc(CS(=O)(=O)c2ccccc2Cl)c(F)cc1-c1ccc2nc(NC3CCC(N(C)C(=O)OC(C)(C)C)CC3)ncc2c1. The quantitative estimate of drug-likeness (QED) is 0.210. The summed E-state index contributed by atoms with van der Waals surface area (Å²) in [6, 6.07) is 12.9. The number of nitrogens with one attached hydrogen (secondary N) is 1. The smallest absolute Gasteiger partial charge is 0.410 e. The number of benzene rings is 2. The van der Waals surface area contributed by atoms with Crippen molar-refractivity contribution >= 4 is 44.4 Å². The summed E-state index contributed by atoms with van der Waals surface area (Å²) >= 11 is 6.08. The second kappa shape index (κ2) is 13.4. The molecule has 2 heterocycles. The largest absolute Gasteiger partial charge is 0.481 e. The van der Waals surface area contributed by atoms with Crippen molar-refractivity contribution in [1.29, 1.82) is 0 Å². The van der Waals surface area contributed by atoms with Gasteiger partial charge in [0.15, 0.2) is 9.84 Å². The minimum absolute atomic E-state index is 0.0544. The van der Waals surface area contributed by atoms with Gasteiger partial charge in [-0.15, -0.1) is 0 Å². The third-order valence-corrected chi connectivity index (χ3v) is 9.98. The molecule has 2 aromatic heterocycles. The van der Waals surface area contributed by atoms with Crippen LogP contribution in [0, 0.1) is 5.82 Å². The molecule has 5 rings (SSSR count). The minimum Gasteiger partial charge on any atom is -0.481 e.